The molecule has 0 saturated carbocycles. The molecule has 1 aromatic heterocycles. The average Bonchev–Trinajstić information content (AvgIpc) is 2.84. The largest absolute Gasteiger partial charge is 0.496 e. The Kier molecular flexibility index (Phi) is 6.75. The van der Waals surface area contributed by atoms with Gasteiger partial charge in [-0.3, -0.25) is 0 Å². The van der Waals surface area contributed by atoms with Crippen LogP contribution in [0.25, 0.3) is 22.2 Å². The van der Waals surface area contributed by atoms with Crippen molar-refractivity contribution in [2.75, 3.05) is 32.0 Å². The van der Waals surface area contributed by atoms with Gasteiger partial charge in [0.1, 0.15) is 17.2 Å². The molecule has 0 spiro atoms. The minimum Gasteiger partial charge on any atom is -0.496 e. The number of amides is 2. The Morgan fingerprint density at radius 1 is 0.824 bits per heavy atom. The number of halogens is 1. The summed E-state index contributed by atoms with van der Waals surface area (Å²) in [4.78, 5) is 17.4. The summed E-state index contributed by atoms with van der Waals surface area (Å²) >= 11 is 6.19. The summed E-state index contributed by atoms with van der Waals surface area (Å²) in [5.41, 5.74) is 4.73. The number of fused-ring (bicyclic) bond motifs is 1. The zero-order valence-electron chi connectivity index (χ0n) is 19.2. The highest BCUT2D eigenvalue weighted by Crippen LogP contribution is 2.36. The SMILES string of the molecule is COc1cc(OC)c(NC(=O)Nc2ccc3nc(-c4ccc(C)cc4)cc(OC)c3c2)cc1Cl. The number of rotatable bonds is 6. The Morgan fingerprint density at radius 2 is 1.53 bits per heavy atom. The van der Waals surface area contributed by atoms with Crippen molar-refractivity contribution in [1.82, 2.24) is 4.98 Å². The Balaban J connectivity index is 1.59. The van der Waals surface area contributed by atoms with Crippen molar-refractivity contribution in [3.63, 3.8) is 0 Å². The first-order valence-corrected chi connectivity index (χ1v) is 10.8. The van der Waals surface area contributed by atoms with Crippen LogP contribution in [-0.2, 0) is 0 Å². The Labute approximate surface area is 202 Å². The molecule has 0 bridgehead atoms. The van der Waals surface area contributed by atoms with Gasteiger partial charge in [-0.25, -0.2) is 9.78 Å². The van der Waals surface area contributed by atoms with Gasteiger partial charge in [0.25, 0.3) is 0 Å². The normalized spacial score (nSPS) is 10.6. The van der Waals surface area contributed by atoms with E-state index in [1.807, 2.05) is 49.4 Å². The summed E-state index contributed by atoms with van der Waals surface area (Å²) in [5.74, 6) is 1.53. The van der Waals surface area contributed by atoms with E-state index in [1.54, 1.807) is 25.3 Å². The molecule has 0 atom stereocenters. The highest BCUT2D eigenvalue weighted by molar-refractivity contribution is 6.32. The van der Waals surface area contributed by atoms with Crippen LogP contribution in [0.4, 0.5) is 16.2 Å². The van der Waals surface area contributed by atoms with Crippen LogP contribution in [0.1, 0.15) is 5.56 Å². The average molecular weight is 478 g/mol. The van der Waals surface area contributed by atoms with Crippen LogP contribution in [-0.4, -0.2) is 32.3 Å². The van der Waals surface area contributed by atoms with Crippen LogP contribution in [0, 0.1) is 6.92 Å². The van der Waals surface area contributed by atoms with E-state index in [2.05, 4.69) is 10.6 Å². The van der Waals surface area contributed by atoms with Gasteiger partial charge in [0.2, 0.25) is 0 Å². The highest BCUT2D eigenvalue weighted by Gasteiger charge is 2.14. The molecule has 1 heterocycles. The van der Waals surface area contributed by atoms with Crippen LogP contribution in [0.3, 0.4) is 0 Å². The van der Waals surface area contributed by atoms with Crippen molar-refractivity contribution in [2.45, 2.75) is 6.92 Å². The summed E-state index contributed by atoms with van der Waals surface area (Å²) in [6.07, 6.45) is 0. The molecule has 2 amide bonds. The van der Waals surface area contributed by atoms with Gasteiger partial charge in [-0.15, -0.1) is 0 Å². The predicted octanol–water partition coefficient (Wildman–Crippen LogP) is 6.53. The lowest BCUT2D eigenvalue weighted by molar-refractivity contribution is 0.262. The molecule has 34 heavy (non-hydrogen) atoms. The monoisotopic (exact) mass is 477 g/mol. The number of aryl methyl sites for hydroxylation is 1. The lowest BCUT2D eigenvalue weighted by atomic mass is 10.1. The third-order valence-electron chi connectivity index (χ3n) is 5.32. The first-order chi connectivity index (χ1) is 16.4. The molecule has 0 aliphatic carbocycles. The first kappa shape index (κ1) is 23.2. The number of nitrogens with zero attached hydrogens (tertiary/aromatic N) is 1. The van der Waals surface area contributed by atoms with Gasteiger partial charge in [0, 0.05) is 28.8 Å². The standard InChI is InChI=1S/C26H24ClN3O4/c1-15-5-7-16(8-6-15)21-13-23(32-2)18-11-17(9-10-20(18)29-21)28-26(31)30-22-12-19(27)24(33-3)14-25(22)34-4/h5-14H,1-4H3,(H2,28,30,31). The van der Waals surface area contributed by atoms with E-state index in [1.165, 1.54) is 19.8 Å². The molecule has 0 unspecified atom stereocenters. The van der Waals surface area contributed by atoms with Gasteiger partial charge in [0.05, 0.1) is 43.3 Å². The Hall–Kier alpha value is -3.97. The van der Waals surface area contributed by atoms with Crippen molar-refractivity contribution in [2.24, 2.45) is 0 Å². The number of hydrogen-bond donors (Lipinski definition) is 2. The Morgan fingerprint density at radius 3 is 2.21 bits per heavy atom. The molecule has 174 valence electrons. The lowest BCUT2D eigenvalue weighted by Crippen LogP contribution is -2.19. The molecule has 0 fully saturated rings. The maximum atomic E-state index is 12.7. The fourth-order valence-electron chi connectivity index (χ4n) is 3.56. The number of nitrogens with one attached hydrogen (secondary N) is 2. The molecule has 2 N–H and O–H groups in total. The highest BCUT2D eigenvalue weighted by atomic mass is 35.5. The maximum absolute atomic E-state index is 12.7. The third-order valence-corrected chi connectivity index (χ3v) is 5.61. The predicted molar refractivity (Wildman–Crippen MR) is 136 cm³/mol. The van der Waals surface area contributed by atoms with Crippen molar-refractivity contribution >= 4 is 39.9 Å². The minimum atomic E-state index is -0.456. The lowest BCUT2D eigenvalue weighted by Gasteiger charge is -2.14. The molecule has 0 saturated heterocycles. The van der Waals surface area contributed by atoms with Crippen LogP contribution >= 0.6 is 11.6 Å². The van der Waals surface area contributed by atoms with Gasteiger partial charge in [-0.05, 0) is 31.2 Å². The number of anilines is 2. The summed E-state index contributed by atoms with van der Waals surface area (Å²) < 4.78 is 16.1. The van der Waals surface area contributed by atoms with Gasteiger partial charge in [-0.2, -0.15) is 0 Å². The molecule has 4 aromatic rings. The molecule has 0 radical (unpaired) electrons. The van der Waals surface area contributed by atoms with E-state index in [0.29, 0.717) is 33.6 Å². The number of carbonyl (C=O) groups is 1. The number of urea groups is 1. The van der Waals surface area contributed by atoms with E-state index in [9.17, 15) is 4.79 Å². The topological polar surface area (TPSA) is 81.7 Å². The molecular weight excluding hydrogens is 454 g/mol. The smallest absolute Gasteiger partial charge is 0.323 e. The molecule has 8 heteroatoms. The zero-order chi connectivity index (χ0) is 24.2. The van der Waals surface area contributed by atoms with E-state index in [0.717, 1.165) is 22.2 Å². The molecular formula is C26H24ClN3O4. The van der Waals surface area contributed by atoms with Crippen molar-refractivity contribution < 1.29 is 19.0 Å². The zero-order valence-corrected chi connectivity index (χ0v) is 20.0. The second-order valence-electron chi connectivity index (χ2n) is 7.57. The van der Waals surface area contributed by atoms with E-state index < -0.39 is 6.03 Å². The second kappa shape index (κ2) is 9.89. The number of pyridine rings is 1. The molecule has 0 aliphatic rings. The molecule has 7 nitrogen and oxygen atoms in total. The van der Waals surface area contributed by atoms with Crippen LogP contribution in [0.15, 0.2) is 60.7 Å². The van der Waals surface area contributed by atoms with Crippen LogP contribution < -0.4 is 24.8 Å². The van der Waals surface area contributed by atoms with Gasteiger partial charge >= 0.3 is 6.03 Å². The number of carbonyl (C=O) groups excluding carboxylic acids is 1. The van der Waals surface area contributed by atoms with E-state index >= 15 is 0 Å². The Bertz CT molecular complexity index is 1360. The fraction of sp³-hybridized carbons (Fsp3) is 0.154. The number of benzene rings is 3. The van der Waals surface area contributed by atoms with Gasteiger partial charge in [-0.1, -0.05) is 41.4 Å². The van der Waals surface area contributed by atoms with E-state index in [-0.39, 0.29) is 0 Å². The van der Waals surface area contributed by atoms with E-state index in [4.69, 9.17) is 30.8 Å². The molecule has 4 rings (SSSR count). The van der Waals surface area contributed by atoms with Crippen molar-refractivity contribution in [1.29, 1.82) is 0 Å². The number of aromatic nitrogens is 1. The first-order valence-electron chi connectivity index (χ1n) is 10.5. The number of ether oxygens (including phenoxy) is 3. The molecule has 3 aromatic carbocycles. The van der Waals surface area contributed by atoms with Crippen molar-refractivity contribution in [3.05, 3.63) is 71.2 Å². The van der Waals surface area contributed by atoms with Crippen LogP contribution in [0.2, 0.25) is 5.02 Å². The quantitative estimate of drug-likeness (QED) is 0.330. The fourth-order valence-corrected chi connectivity index (χ4v) is 3.80. The van der Waals surface area contributed by atoms with Crippen LogP contribution in [0.5, 0.6) is 17.2 Å². The number of methoxy groups -OCH3 is 3. The number of hydrogen-bond acceptors (Lipinski definition) is 5. The van der Waals surface area contributed by atoms with Gasteiger partial charge in [0.15, 0.2) is 0 Å². The summed E-state index contributed by atoms with van der Waals surface area (Å²) in [7, 11) is 4.62. The minimum absolute atomic E-state index is 0.351. The molecule has 0 aliphatic heterocycles. The summed E-state index contributed by atoms with van der Waals surface area (Å²) in [6.45, 7) is 2.04. The maximum Gasteiger partial charge on any atom is 0.323 e. The van der Waals surface area contributed by atoms with Crippen molar-refractivity contribution in [3.8, 4) is 28.5 Å². The third kappa shape index (κ3) is 4.84. The second-order valence-corrected chi connectivity index (χ2v) is 7.98. The van der Waals surface area contributed by atoms with Gasteiger partial charge < -0.3 is 24.8 Å². The summed E-state index contributed by atoms with van der Waals surface area (Å²) in [5, 5.41) is 6.70. The summed E-state index contributed by atoms with van der Waals surface area (Å²) in [6, 6.07) is 18.2.